The third-order valence-electron chi connectivity index (χ3n) is 4.95. The van der Waals surface area contributed by atoms with Gasteiger partial charge in [0.15, 0.2) is 5.65 Å². The van der Waals surface area contributed by atoms with E-state index in [4.69, 9.17) is 5.73 Å². The van der Waals surface area contributed by atoms with Crippen LogP contribution in [0, 0.1) is 0 Å². The third-order valence-corrected chi connectivity index (χ3v) is 4.95. The summed E-state index contributed by atoms with van der Waals surface area (Å²) in [6.07, 6.45) is -4.44. The molecule has 0 saturated carbocycles. The van der Waals surface area contributed by atoms with E-state index in [1.807, 2.05) is 13.8 Å². The third kappa shape index (κ3) is 5.34. The van der Waals surface area contributed by atoms with Crippen molar-refractivity contribution in [3.05, 3.63) is 77.9 Å². The molecule has 0 radical (unpaired) electrons. The normalized spacial score (nSPS) is 12.1. The topological polar surface area (TPSA) is 97.3 Å². The zero-order chi connectivity index (χ0) is 24.5. The van der Waals surface area contributed by atoms with Gasteiger partial charge in [-0.25, -0.2) is 4.52 Å². The first-order valence-electron chi connectivity index (χ1n) is 10.5. The van der Waals surface area contributed by atoms with Crippen LogP contribution >= 0.6 is 0 Å². The summed E-state index contributed by atoms with van der Waals surface area (Å²) >= 11 is 0. The number of nitrogens with one attached hydrogen (secondary N) is 2. The monoisotopic (exact) mass is 468 g/mol. The molecule has 0 aliphatic rings. The predicted octanol–water partition coefficient (Wildman–Crippen LogP) is 4.63. The number of fused-ring (bicyclic) bond motifs is 1. The molecule has 0 fully saturated rings. The van der Waals surface area contributed by atoms with E-state index in [9.17, 15) is 18.0 Å². The van der Waals surface area contributed by atoms with Crippen molar-refractivity contribution in [1.82, 2.24) is 19.9 Å². The Morgan fingerprint density at radius 3 is 2.41 bits per heavy atom. The van der Waals surface area contributed by atoms with Crippen LogP contribution in [0.25, 0.3) is 16.9 Å². The molecule has 4 N–H and O–H groups in total. The van der Waals surface area contributed by atoms with E-state index in [0.29, 0.717) is 34.7 Å². The quantitative estimate of drug-likeness (QED) is 0.384. The van der Waals surface area contributed by atoms with Crippen molar-refractivity contribution in [2.75, 3.05) is 11.9 Å². The molecular weight excluding hydrogens is 445 g/mol. The highest BCUT2D eigenvalue weighted by Gasteiger charge is 2.30. The summed E-state index contributed by atoms with van der Waals surface area (Å²) in [4.78, 5) is 16.7. The van der Waals surface area contributed by atoms with Gasteiger partial charge in [-0.1, -0.05) is 18.2 Å². The second-order valence-electron chi connectivity index (χ2n) is 8.57. The number of carbonyl (C=O) groups excluding carboxylic acids is 1. The number of carbonyl (C=O) groups is 1. The molecule has 4 aromatic rings. The number of amides is 1. The van der Waals surface area contributed by atoms with Gasteiger partial charge in [-0.3, -0.25) is 4.79 Å². The summed E-state index contributed by atoms with van der Waals surface area (Å²) in [5, 5.41) is 10.2. The van der Waals surface area contributed by atoms with Gasteiger partial charge in [0.25, 0.3) is 5.91 Å². The van der Waals surface area contributed by atoms with Crippen LogP contribution < -0.4 is 16.4 Å². The molecule has 2 aromatic heterocycles. The minimum absolute atomic E-state index is 0.235. The predicted molar refractivity (Wildman–Crippen MR) is 124 cm³/mol. The first-order chi connectivity index (χ1) is 16.0. The number of benzene rings is 2. The molecular formula is C24H23F3N6O. The Hall–Kier alpha value is -3.92. The molecule has 34 heavy (non-hydrogen) atoms. The number of aromatic nitrogens is 3. The lowest BCUT2D eigenvalue weighted by atomic mass is 10.1. The van der Waals surface area contributed by atoms with E-state index in [1.165, 1.54) is 10.6 Å². The van der Waals surface area contributed by atoms with Crippen LogP contribution in [0.5, 0.6) is 0 Å². The molecule has 10 heteroatoms. The summed E-state index contributed by atoms with van der Waals surface area (Å²) < 4.78 is 40.9. The standard InChI is InChI=1S/C24H23F3N6O/c1-23(2,28)14-29-21(34)15-9-11-18(12-10-15)30-22-31-20-8-4-7-19(33(20)32-22)16-5-3-6-17(13-16)24(25,26)27/h3-13H,14,28H2,1-2H3,(H,29,34)(H,30,32). The maximum absolute atomic E-state index is 13.1. The van der Waals surface area contributed by atoms with Gasteiger partial charge in [0, 0.05) is 28.9 Å². The molecule has 2 aromatic carbocycles. The first kappa shape index (κ1) is 23.2. The van der Waals surface area contributed by atoms with Crippen molar-refractivity contribution in [2.24, 2.45) is 5.73 Å². The lowest BCUT2D eigenvalue weighted by molar-refractivity contribution is -0.137. The summed E-state index contributed by atoms with van der Waals surface area (Å²) in [5.41, 5.74) is 7.07. The van der Waals surface area contributed by atoms with Crippen molar-refractivity contribution in [3.8, 4) is 11.3 Å². The van der Waals surface area contributed by atoms with Gasteiger partial charge in [0.2, 0.25) is 5.95 Å². The molecule has 0 atom stereocenters. The van der Waals surface area contributed by atoms with Gasteiger partial charge < -0.3 is 16.4 Å². The van der Waals surface area contributed by atoms with Crippen LogP contribution in [0.4, 0.5) is 24.8 Å². The number of halogens is 3. The van der Waals surface area contributed by atoms with Crippen LogP contribution in [0.15, 0.2) is 66.7 Å². The number of hydrogen-bond donors (Lipinski definition) is 3. The molecule has 2 heterocycles. The fourth-order valence-corrected chi connectivity index (χ4v) is 3.28. The maximum atomic E-state index is 13.1. The number of hydrogen-bond acceptors (Lipinski definition) is 5. The molecule has 0 aliphatic carbocycles. The molecule has 7 nitrogen and oxygen atoms in total. The van der Waals surface area contributed by atoms with Crippen molar-refractivity contribution in [3.63, 3.8) is 0 Å². The highest BCUT2D eigenvalue weighted by molar-refractivity contribution is 5.94. The van der Waals surface area contributed by atoms with Crippen LogP contribution in [0.1, 0.15) is 29.8 Å². The average molecular weight is 468 g/mol. The molecule has 176 valence electrons. The highest BCUT2D eigenvalue weighted by atomic mass is 19.4. The van der Waals surface area contributed by atoms with Crippen molar-refractivity contribution in [1.29, 1.82) is 0 Å². The van der Waals surface area contributed by atoms with E-state index in [0.717, 1.165) is 12.1 Å². The van der Waals surface area contributed by atoms with Crippen molar-refractivity contribution in [2.45, 2.75) is 25.6 Å². The number of nitrogens with zero attached hydrogens (tertiary/aromatic N) is 3. The minimum Gasteiger partial charge on any atom is -0.350 e. The Balaban J connectivity index is 1.55. The van der Waals surface area contributed by atoms with Crippen LogP contribution in [-0.2, 0) is 6.18 Å². The van der Waals surface area contributed by atoms with E-state index >= 15 is 0 Å². The summed E-state index contributed by atoms with van der Waals surface area (Å²) in [7, 11) is 0. The molecule has 0 saturated heterocycles. The van der Waals surface area contributed by atoms with Crippen LogP contribution in [0.2, 0.25) is 0 Å². The Kier molecular flexibility index (Phi) is 6.01. The van der Waals surface area contributed by atoms with E-state index in [-0.39, 0.29) is 11.9 Å². The zero-order valence-corrected chi connectivity index (χ0v) is 18.5. The van der Waals surface area contributed by atoms with Gasteiger partial charge in [0.05, 0.1) is 11.3 Å². The van der Waals surface area contributed by atoms with Gasteiger partial charge in [-0.2, -0.15) is 18.2 Å². The number of alkyl halides is 3. The molecule has 4 rings (SSSR count). The van der Waals surface area contributed by atoms with Crippen LogP contribution in [0.3, 0.4) is 0 Å². The summed E-state index contributed by atoms with van der Waals surface area (Å²) in [5.74, 6) is 0.0307. The van der Waals surface area contributed by atoms with E-state index < -0.39 is 17.3 Å². The largest absolute Gasteiger partial charge is 0.416 e. The SMILES string of the molecule is CC(C)(N)CNC(=O)c1ccc(Nc2nc3cccc(-c4cccc(C(F)(F)F)c4)n3n2)cc1. The fourth-order valence-electron chi connectivity index (χ4n) is 3.28. The van der Waals surface area contributed by atoms with Gasteiger partial charge >= 0.3 is 6.18 Å². The maximum Gasteiger partial charge on any atom is 0.416 e. The Morgan fingerprint density at radius 2 is 1.74 bits per heavy atom. The molecule has 0 spiro atoms. The highest BCUT2D eigenvalue weighted by Crippen LogP contribution is 2.32. The second-order valence-corrected chi connectivity index (χ2v) is 8.57. The van der Waals surface area contributed by atoms with E-state index in [2.05, 4.69) is 20.7 Å². The Bertz CT molecular complexity index is 1320. The molecule has 0 aliphatic heterocycles. The number of nitrogens with two attached hydrogens (primary N) is 1. The fraction of sp³-hybridized carbons (Fsp3) is 0.208. The summed E-state index contributed by atoms with van der Waals surface area (Å²) in [6, 6.07) is 16.9. The van der Waals surface area contributed by atoms with Gasteiger partial charge in [-0.05, 0) is 62.4 Å². The molecule has 0 bridgehead atoms. The Labute approximate surface area is 193 Å². The smallest absolute Gasteiger partial charge is 0.350 e. The summed E-state index contributed by atoms with van der Waals surface area (Å²) in [6.45, 7) is 3.98. The molecule has 0 unspecified atom stereocenters. The average Bonchev–Trinajstić information content (AvgIpc) is 3.19. The number of anilines is 2. The lowest BCUT2D eigenvalue weighted by Crippen LogP contribution is -2.45. The van der Waals surface area contributed by atoms with Gasteiger partial charge in [-0.15, -0.1) is 5.10 Å². The number of rotatable bonds is 6. The van der Waals surface area contributed by atoms with E-state index in [1.54, 1.807) is 48.5 Å². The minimum atomic E-state index is -4.44. The first-order valence-corrected chi connectivity index (χ1v) is 10.5. The number of pyridine rings is 1. The second kappa shape index (κ2) is 8.79. The molecule has 1 amide bonds. The van der Waals surface area contributed by atoms with Gasteiger partial charge in [0.1, 0.15) is 0 Å². The van der Waals surface area contributed by atoms with Crippen LogP contribution in [-0.4, -0.2) is 32.6 Å². The zero-order valence-electron chi connectivity index (χ0n) is 18.5. The van der Waals surface area contributed by atoms with Crippen molar-refractivity contribution >= 4 is 23.2 Å². The lowest BCUT2D eigenvalue weighted by Gasteiger charge is -2.18. The van der Waals surface area contributed by atoms with Crippen molar-refractivity contribution < 1.29 is 18.0 Å². The Morgan fingerprint density at radius 1 is 1.03 bits per heavy atom.